The molecule has 1 aromatic rings. The van der Waals surface area contributed by atoms with Crippen molar-refractivity contribution in [1.82, 2.24) is 5.32 Å². The van der Waals surface area contributed by atoms with Gasteiger partial charge in [-0.2, -0.15) is 0 Å². The summed E-state index contributed by atoms with van der Waals surface area (Å²) in [5, 5.41) is 2.79. The quantitative estimate of drug-likeness (QED) is 0.621. The summed E-state index contributed by atoms with van der Waals surface area (Å²) >= 11 is 0. The molecule has 1 aromatic carbocycles. The fourth-order valence-corrected chi connectivity index (χ4v) is 2.04. The molecule has 1 amide bonds. The third kappa shape index (κ3) is 2.48. The van der Waals surface area contributed by atoms with Gasteiger partial charge in [-0.05, 0) is 12.8 Å². The molecule has 1 fully saturated rings. The van der Waals surface area contributed by atoms with Crippen molar-refractivity contribution in [2.75, 3.05) is 0 Å². The molecule has 84 valence electrons. The highest BCUT2D eigenvalue weighted by Crippen LogP contribution is 2.17. The highest BCUT2D eigenvalue weighted by Gasteiger charge is 2.21. The van der Waals surface area contributed by atoms with Crippen LogP contribution in [0.25, 0.3) is 0 Å². The van der Waals surface area contributed by atoms with E-state index < -0.39 is 11.7 Å². The number of Topliss-reactive ketones (excluding diaryl/α,β-unsaturated/α-hetero) is 1. The molecule has 1 aliphatic rings. The molecule has 1 aliphatic carbocycles. The smallest absolute Gasteiger partial charge is 0.292 e. The zero-order valence-electron chi connectivity index (χ0n) is 9.11. The number of amides is 1. The Bertz CT molecular complexity index is 380. The lowest BCUT2D eigenvalue weighted by Crippen LogP contribution is -2.37. The van der Waals surface area contributed by atoms with Gasteiger partial charge in [0.1, 0.15) is 0 Å². The molecular formula is C13H15NO2. The summed E-state index contributed by atoms with van der Waals surface area (Å²) in [5.41, 5.74) is 0.456. The Morgan fingerprint density at radius 2 is 1.69 bits per heavy atom. The second-order valence-electron chi connectivity index (χ2n) is 4.15. The summed E-state index contributed by atoms with van der Waals surface area (Å²) in [5.74, 6) is -0.911. The number of hydrogen-bond donors (Lipinski definition) is 1. The average molecular weight is 217 g/mol. The molecule has 3 heteroatoms. The van der Waals surface area contributed by atoms with Crippen LogP contribution in [0.4, 0.5) is 0 Å². The van der Waals surface area contributed by atoms with Crippen molar-refractivity contribution >= 4 is 11.7 Å². The first-order valence-electron chi connectivity index (χ1n) is 5.67. The van der Waals surface area contributed by atoms with Gasteiger partial charge in [-0.3, -0.25) is 9.59 Å². The van der Waals surface area contributed by atoms with Gasteiger partial charge < -0.3 is 5.32 Å². The van der Waals surface area contributed by atoms with E-state index in [4.69, 9.17) is 0 Å². The number of benzene rings is 1. The number of hydrogen-bond acceptors (Lipinski definition) is 2. The number of rotatable bonds is 3. The maximum atomic E-state index is 11.7. The molecule has 0 atom stereocenters. The Kier molecular flexibility index (Phi) is 3.34. The van der Waals surface area contributed by atoms with Crippen LogP contribution in [0.15, 0.2) is 30.3 Å². The van der Waals surface area contributed by atoms with Crippen molar-refractivity contribution in [2.24, 2.45) is 0 Å². The van der Waals surface area contributed by atoms with Crippen LogP contribution in [0.1, 0.15) is 36.0 Å². The van der Waals surface area contributed by atoms with Crippen LogP contribution >= 0.6 is 0 Å². The predicted molar refractivity (Wildman–Crippen MR) is 61.2 cm³/mol. The van der Waals surface area contributed by atoms with Gasteiger partial charge in [-0.1, -0.05) is 43.2 Å². The van der Waals surface area contributed by atoms with Crippen molar-refractivity contribution in [3.63, 3.8) is 0 Å². The first-order chi connectivity index (χ1) is 7.77. The van der Waals surface area contributed by atoms with E-state index in [-0.39, 0.29) is 6.04 Å². The lowest BCUT2D eigenvalue weighted by Gasteiger charge is -2.10. The van der Waals surface area contributed by atoms with Gasteiger partial charge in [0.2, 0.25) is 5.78 Å². The Balaban J connectivity index is 1.97. The second-order valence-corrected chi connectivity index (χ2v) is 4.15. The molecule has 0 unspecified atom stereocenters. The molecule has 3 nitrogen and oxygen atoms in total. The molecule has 0 aromatic heterocycles. The van der Waals surface area contributed by atoms with E-state index in [1.165, 1.54) is 0 Å². The standard InChI is InChI=1S/C13H15NO2/c15-12(10-6-2-1-3-7-10)13(16)14-11-8-4-5-9-11/h1-3,6-7,11H,4-5,8-9H2,(H,14,16). The molecular weight excluding hydrogens is 202 g/mol. The number of carbonyl (C=O) groups excluding carboxylic acids is 2. The average Bonchev–Trinajstić information content (AvgIpc) is 2.82. The Morgan fingerprint density at radius 1 is 1.06 bits per heavy atom. The molecule has 2 rings (SSSR count). The highest BCUT2D eigenvalue weighted by molar-refractivity contribution is 6.42. The van der Waals surface area contributed by atoms with Gasteiger partial charge in [-0.25, -0.2) is 0 Å². The SMILES string of the molecule is O=C(NC1CCCC1)C(=O)c1ccccc1. The Morgan fingerprint density at radius 3 is 2.31 bits per heavy atom. The third-order valence-corrected chi connectivity index (χ3v) is 2.93. The predicted octanol–water partition coefficient (Wildman–Crippen LogP) is 1.93. The molecule has 1 saturated carbocycles. The minimum Gasteiger partial charge on any atom is -0.346 e. The van der Waals surface area contributed by atoms with Crippen molar-refractivity contribution in [3.8, 4) is 0 Å². The van der Waals surface area contributed by atoms with Gasteiger partial charge in [0, 0.05) is 11.6 Å². The van der Waals surface area contributed by atoms with Gasteiger partial charge in [0.05, 0.1) is 0 Å². The van der Waals surface area contributed by atoms with Crippen LogP contribution in [0.3, 0.4) is 0 Å². The highest BCUT2D eigenvalue weighted by atomic mass is 16.2. The summed E-state index contributed by atoms with van der Waals surface area (Å²) in [6, 6.07) is 8.87. The van der Waals surface area contributed by atoms with E-state index in [1.807, 2.05) is 6.07 Å². The molecule has 0 saturated heterocycles. The largest absolute Gasteiger partial charge is 0.346 e. The molecule has 0 spiro atoms. The minimum absolute atomic E-state index is 0.195. The van der Waals surface area contributed by atoms with Crippen molar-refractivity contribution in [3.05, 3.63) is 35.9 Å². The minimum atomic E-state index is -0.474. The summed E-state index contributed by atoms with van der Waals surface area (Å²) in [6.45, 7) is 0. The summed E-state index contributed by atoms with van der Waals surface area (Å²) < 4.78 is 0. The fraction of sp³-hybridized carbons (Fsp3) is 0.385. The van der Waals surface area contributed by atoms with E-state index in [9.17, 15) is 9.59 Å². The van der Waals surface area contributed by atoms with Crippen molar-refractivity contribution < 1.29 is 9.59 Å². The van der Waals surface area contributed by atoms with Crippen LogP contribution in [0, 0.1) is 0 Å². The topological polar surface area (TPSA) is 46.2 Å². The van der Waals surface area contributed by atoms with Gasteiger partial charge >= 0.3 is 0 Å². The van der Waals surface area contributed by atoms with E-state index >= 15 is 0 Å². The van der Waals surface area contributed by atoms with Crippen LogP contribution < -0.4 is 5.32 Å². The van der Waals surface area contributed by atoms with Crippen molar-refractivity contribution in [1.29, 1.82) is 0 Å². The van der Waals surface area contributed by atoms with Gasteiger partial charge in [-0.15, -0.1) is 0 Å². The molecule has 0 bridgehead atoms. The number of nitrogens with one attached hydrogen (secondary N) is 1. The monoisotopic (exact) mass is 217 g/mol. The van der Waals surface area contributed by atoms with E-state index in [1.54, 1.807) is 24.3 Å². The van der Waals surface area contributed by atoms with E-state index in [0.29, 0.717) is 5.56 Å². The van der Waals surface area contributed by atoms with E-state index in [2.05, 4.69) is 5.32 Å². The molecule has 1 N–H and O–H groups in total. The van der Waals surface area contributed by atoms with Gasteiger partial charge in [0.15, 0.2) is 0 Å². The molecule has 0 aliphatic heterocycles. The normalized spacial score (nSPS) is 16.0. The Hall–Kier alpha value is -1.64. The lowest BCUT2D eigenvalue weighted by molar-refractivity contribution is -0.117. The number of carbonyl (C=O) groups is 2. The maximum Gasteiger partial charge on any atom is 0.292 e. The van der Waals surface area contributed by atoms with Crippen LogP contribution in [-0.4, -0.2) is 17.7 Å². The van der Waals surface area contributed by atoms with E-state index in [0.717, 1.165) is 25.7 Å². The molecule has 16 heavy (non-hydrogen) atoms. The van der Waals surface area contributed by atoms with Crippen LogP contribution in [0.2, 0.25) is 0 Å². The Labute approximate surface area is 94.9 Å². The second kappa shape index (κ2) is 4.92. The van der Waals surface area contributed by atoms with Crippen molar-refractivity contribution in [2.45, 2.75) is 31.7 Å². The fourth-order valence-electron chi connectivity index (χ4n) is 2.04. The summed E-state index contributed by atoms with van der Waals surface area (Å²) in [6.07, 6.45) is 4.27. The number of ketones is 1. The summed E-state index contributed by atoms with van der Waals surface area (Å²) in [7, 11) is 0. The molecule has 0 radical (unpaired) electrons. The first-order valence-corrected chi connectivity index (χ1v) is 5.67. The maximum absolute atomic E-state index is 11.7. The third-order valence-electron chi connectivity index (χ3n) is 2.93. The summed E-state index contributed by atoms with van der Waals surface area (Å²) in [4.78, 5) is 23.4. The zero-order valence-corrected chi connectivity index (χ0v) is 9.11. The lowest BCUT2D eigenvalue weighted by atomic mass is 10.1. The molecule has 0 heterocycles. The van der Waals surface area contributed by atoms with Crippen LogP contribution in [-0.2, 0) is 4.79 Å². The zero-order chi connectivity index (χ0) is 11.4. The van der Waals surface area contributed by atoms with Crippen LogP contribution in [0.5, 0.6) is 0 Å². The van der Waals surface area contributed by atoms with Gasteiger partial charge in [0.25, 0.3) is 5.91 Å². The first kappa shape index (κ1) is 10.9.